The fourth-order valence-corrected chi connectivity index (χ4v) is 2.75. The third-order valence-corrected chi connectivity index (χ3v) is 4.00. The summed E-state index contributed by atoms with van der Waals surface area (Å²) in [6.07, 6.45) is 9.62. The van der Waals surface area contributed by atoms with Crippen LogP contribution in [0.4, 0.5) is 0 Å². The standard InChI is InChI=1S/C19H27N/c1-4-5-6-9-16-14-20-19-11-8-7-10-18(19)17(16)13-12-15(2)3/h7-8,10-11,14-15H,4-6,9,12-13H2,1-3H3. The molecule has 0 aliphatic rings. The molecule has 0 N–H and O–H groups in total. The molecule has 2 aromatic rings. The van der Waals surface area contributed by atoms with E-state index < -0.39 is 0 Å². The second-order valence-corrected chi connectivity index (χ2v) is 6.17. The highest BCUT2D eigenvalue weighted by Crippen LogP contribution is 2.24. The Labute approximate surface area is 123 Å². The highest BCUT2D eigenvalue weighted by molar-refractivity contribution is 5.83. The Morgan fingerprint density at radius 1 is 1.05 bits per heavy atom. The summed E-state index contributed by atoms with van der Waals surface area (Å²) in [7, 11) is 0. The quantitative estimate of drug-likeness (QED) is 0.600. The summed E-state index contributed by atoms with van der Waals surface area (Å²) < 4.78 is 0. The second-order valence-electron chi connectivity index (χ2n) is 6.17. The number of hydrogen-bond donors (Lipinski definition) is 0. The maximum atomic E-state index is 4.65. The molecule has 0 aliphatic heterocycles. The highest BCUT2D eigenvalue weighted by atomic mass is 14.7. The number of unbranched alkanes of at least 4 members (excludes halogenated alkanes) is 2. The van der Waals surface area contributed by atoms with Gasteiger partial charge in [-0.3, -0.25) is 4.98 Å². The van der Waals surface area contributed by atoms with Crippen LogP contribution >= 0.6 is 0 Å². The van der Waals surface area contributed by atoms with Crippen LogP contribution in [0.1, 0.15) is 57.6 Å². The van der Waals surface area contributed by atoms with Crippen LogP contribution in [-0.2, 0) is 12.8 Å². The number of aryl methyl sites for hydroxylation is 2. The molecule has 0 spiro atoms. The third-order valence-electron chi connectivity index (χ3n) is 4.00. The van der Waals surface area contributed by atoms with Gasteiger partial charge in [0.25, 0.3) is 0 Å². The molecule has 0 aliphatic carbocycles. The molecule has 108 valence electrons. The summed E-state index contributed by atoms with van der Waals surface area (Å²) in [6, 6.07) is 8.59. The van der Waals surface area contributed by atoms with Crippen molar-refractivity contribution in [1.29, 1.82) is 0 Å². The minimum Gasteiger partial charge on any atom is -0.256 e. The molecule has 1 aromatic carbocycles. The van der Waals surface area contributed by atoms with Gasteiger partial charge in [0.05, 0.1) is 5.52 Å². The number of benzene rings is 1. The Morgan fingerprint density at radius 3 is 2.60 bits per heavy atom. The van der Waals surface area contributed by atoms with Gasteiger partial charge in [0, 0.05) is 11.6 Å². The van der Waals surface area contributed by atoms with Gasteiger partial charge in [0.1, 0.15) is 0 Å². The van der Waals surface area contributed by atoms with Crippen LogP contribution in [-0.4, -0.2) is 4.98 Å². The van der Waals surface area contributed by atoms with E-state index in [4.69, 9.17) is 0 Å². The van der Waals surface area contributed by atoms with Gasteiger partial charge < -0.3 is 0 Å². The van der Waals surface area contributed by atoms with E-state index in [1.807, 2.05) is 0 Å². The lowest BCUT2D eigenvalue weighted by Gasteiger charge is -2.14. The highest BCUT2D eigenvalue weighted by Gasteiger charge is 2.09. The topological polar surface area (TPSA) is 12.9 Å². The number of aromatic nitrogens is 1. The van der Waals surface area contributed by atoms with Gasteiger partial charge >= 0.3 is 0 Å². The zero-order chi connectivity index (χ0) is 14.4. The molecule has 0 fully saturated rings. The Balaban J connectivity index is 2.31. The largest absolute Gasteiger partial charge is 0.256 e. The second kappa shape index (κ2) is 7.42. The van der Waals surface area contributed by atoms with Crippen molar-refractivity contribution >= 4 is 10.9 Å². The summed E-state index contributed by atoms with van der Waals surface area (Å²) >= 11 is 0. The van der Waals surface area contributed by atoms with E-state index in [9.17, 15) is 0 Å². The van der Waals surface area contributed by atoms with Crippen LogP contribution in [0.3, 0.4) is 0 Å². The van der Waals surface area contributed by atoms with Gasteiger partial charge in [0.15, 0.2) is 0 Å². The molecule has 2 rings (SSSR count). The monoisotopic (exact) mass is 269 g/mol. The Kier molecular flexibility index (Phi) is 5.58. The summed E-state index contributed by atoms with van der Waals surface area (Å²) in [6.45, 7) is 6.87. The molecular weight excluding hydrogens is 242 g/mol. The van der Waals surface area contributed by atoms with E-state index in [0.717, 1.165) is 11.4 Å². The van der Waals surface area contributed by atoms with Crippen molar-refractivity contribution in [1.82, 2.24) is 4.98 Å². The van der Waals surface area contributed by atoms with Crippen molar-refractivity contribution < 1.29 is 0 Å². The van der Waals surface area contributed by atoms with Crippen molar-refractivity contribution in [3.8, 4) is 0 Å². The molecule has 0 atom stereocenters. The van der Waals surface area contributed by atoms with Crippen molar-refractivity contribution in [2.24, 2.45) is 5.92 Å². The third kappa shape index (κ3) is 3.82. The fourth-order valence-electron chi connectivity index (χ4n) is 2.75. The smallest absolute Gasteiger partial charge is 0.0704 e. The number of rotatable bonds is 7. The minimum atomic E-state index is 0.755. The van der Waals surface area contributed by atoms with E-state index in [-0.39, 0.29) is 0 Å². The van der Waals surface area contributed by atoms with E-state index >= 15 is 0 Å². The van der Waals surface area contributed by atoms with Gasteiger partial charge in [-0.1, -0.05) is 51.8 Å². The van der Waals surface area contributed by atoms with Crippen LogP contribution in [0.2, 0.25) is 0 Å². The van der Waals surface area contributed by atoms with Gasteiger partial charge in [0.2, 0.25) is 0 Å². The van der Waals surface area contributed by atoms with E-state index in [2.05, 4.69) is 56.2 Å². The lowest BCUT2D eigenvalue weighted by molar-refractivity contribution is 0.585. The minimum absolute atomic E-state index is 0.755. The normalized spacial score (nSPS) is 11.4. The Hall–Kier alpha value is -1.37. The average Bonchev–Trinajstić information content (AvgIpc) is 2.45. The van der Waals surface area contributed by atoms with Crippen LogP contribution < -0.4 is 0 Å². The first-order chi connectivity index (χ1) is 9.72. The lowest BCUT2D eigenvalue weighted by Crippen LogP contribution is -2.01. The van der Waals surface area contributed by atoms with Gasteiger partial charge in [-0.25, -0.2) is 0 Å². The predicted molar refractivity (Wildman–Crippen MR) is 88.1 cm³/mol. The van der Waals surface area contributed by atoms with Gasteiger partial charge in [-0.05, 0) is 48.8 Å². The van der Waals surface area contributed by atoms with E-state index in [1.165, 1.54) is 49.5 Å². The first kappa shape index (κ1) is 15.0. The van der Waals surface area contributed by atoms with Crippen LogP contribution in [0.5, 0.6) is 0 Å². The number of fused-ring (bicyclic) bond motifs is 1. The summed E-state index contributed by atoms with van der Waals surface area (Å²) in [5, 5.41) is 1.36. The van der Waals surface area contributed by atoms with E-state index in [1.54, 1.807) is 5.56 Å². The van der Waals surface area contributed by atoms with E-state index in [0.29, 0.717) is 0 Å². The molecule has 0 radical (unpaired) electrons. The molecule has 0 saturated carbocycles. The zero-order valence-electron chi connectivity index (χ0n) is 13.2. The molecular formula is C19H27N. The average molecular weight is 269 g/mol. The van der Waals surface area contributed by atoms with Crippen molar-refractivity contribution in [2.45, 2.75) is 59.3 Å². The molecule has 0 unspecified atom stereocenters. The molecule has 1 heterocycles. The molecule has 0 saturated heterocycles. The maximum Gasteiger partial charge on any atom is 0.0704 e. The summed E-state index contributed by atoms with van der Waals surface area (Å²) in [5.41, 5.74) is 4.16. The van der Waals surface area contributed by atoms with Gasteiger partial charge in [-0.2, -0.15) is 0 Å². The molecule has 1 aromatic heterocycles. The van der Waals surface area contributed by atoms with Crippen LogP contribution in [0.25, 0.3) is 10.9 Å². The first-order valence-corrected chi connectivity index (χ1v) is 8.07. The summed E-state index contributed by atoms with van der Waals surface area (Å²) in [5.74, 6) is 0.755. The molecule has 0 amide bonds. The van der Waals surface area contributed by atoms with Crippen molar-refractivity contribution in [2.75, 3.05) is 0 Å². The predicted octanol–water partition coefficient (Wildman–Crippen LogP) is 5.56. The van der Waals surface area contributed by atoms with Crippen molar-refractivity contribution in [3.63, 3.8) is 0 Å². The van der Waals surface area contributed by atoms with Gasteiger partial charge in [-0.15, -0.1) is 0 Å². The molecule has 1 nitrogen and oxygen atoms in total. The number of pyridine rings is 1. The fraction of sp³-hybridized carbons (Fsp3) is 0.526. The molecule has 1 heteroatoms. The van der Waals surface area contributed by atoms with Crippen LogP contribution in [0.15, 0.2) is 30.5 Å². The Bertz CT molecular complexity index is 542. The number of para-hydroxylation sites is 1. The lowest BCUT2D eigenvalue weighted by atomic mass is 9.93. The Morgan fingerprint density at radius 2 is 1.85 bits per heavy atom. The zero-order valence-corrected chi connectivity index (χ0v) is 13.2. The maximum absolute atomic E-state index is 4.65. The number of nitrogens with zero attached hydrogens (tertiary/aromatic N) is 1. The molecule has 20 heavy (non-hydrogen) atoms. The SMILES string of the molecule is CCCCCc1cnc2ccccc2c1CCC(C)C. The van der Waals surface area contributed by atoms with Crippen molar-refractivity contribution in [3.05, 3.63) is 41.6 Å². The first-order valence-electron chi connectivity index (χ1n) is 8.07. The molecule has 0 bridgehead atoms. The number of hydrogen-bond acceptors (Lipinski definition) is 1. The van der Waals surface area contributed by atoms with Crippen LogP contribution in [0, 0.1) is 5.92 Å². The summed E-state index contributed by atoms with van der Waals surface area (Å²) in [4.78, 5) is 4.65.